The summed E-state index contributed by atoms with van der Waals surface area (Å²) in [5.74, 6) is -2.15. The van der Waals surface area contributed by atoms with Gasteiger partial charge in [-0.1, -0.05) is 0 Å². The van der Waals surface area contributed by atoms with E-state index in [0.29, 0.717) is 32.5 Å². The van der Waals surface area contributed by atoms with Crippen LogP contribution in [0.1, 0.15) is 37.0 Å². The van der Waals surface area contributed by atoms with Crippen molar-refractivity contribution in [1.29, 1.82) is 0 Å². The molecule has 0 aliphatic carbocycles. The molecule has 1 heterocycles. The Morgan fingerprint density at radius 2 is 1.96 bits per heavy atom. The van der Waals surface area contributed by atoms with Crippen molar-refractivity contribution in [3.05, 3.63) is 29.6 Å². The maximum atomic E-state index is 13.1. The molecule has 142 valence electrons. The van der Waals surface area contributed by atoms with Crippen LogP contribution in [-0.2, 0) is 19.1 Å². The number of carbonyl (C=O) groups is 3. The molecule has 1 aliphatic rings. The lowest BCUT2D eigenvalue weighted by molar-refractivity contribution is -0.152. The number of anilines is 1. The minimum atomic E-state index is -1.01. The largest absolute Gasteiger partial charge is 0.466 e. The number of nitrogens with two attached hydrogens (primary N) is 1. The molecule has 0 radical (unpaired) electrons. The van der Waals surface area contributed by atoms with Gasteiger partial charge in [0.25, 0.3) is 5.91 Å². The van der Waals surface area contributed by atoms with Crippen LogP contribution in [0, 0.1) is 11.7 Å². The zero-order chi connectivity index (χ0) is 19.3. The van der Waals surface area contributed by atoms with Crippen LogP contribution in [0.3, 0.4) is 0 Å². The fourth-order valence-corrected chi connectivity index (χ4v) is 2.85. The second kappa shape index (κ2) is 8.64. The molecule has 1 aliphatic heterocycles. The van der Waals surface area contributed by atoms with E-state index in [-0.39, 0.29) is 29.0 Å². The number of carbonyl (C=O) groups excluding carboxylic acids is 3. The highest BCUT2D eigenvalue weighted by atomic mass is 19.1. The molecule has 8 heteroatoms. The number of esters is 2. The molecule has 0 bridgehead atoms. The number of nitrogens with zero attached hydrogens (tertiary/aromatic N) is 1. The van der Waals surface area contributed by atoms with Gasteiger partial charge < -0.3 is 20.1 Å². The van der Waals surface area contributed by atoms with Crippen molar-refractivity contribution in [3.8, 4) is 0 Å². The van der Waals surface area contributed by atoms with Crippen molar-refractivity contribution in [2.75, 3.05) is 25.4 Å². The summed E-state index contributed by atoms with van der Waals surface area (Å²) in [5, 5.41) is 0. The molecule has 0 spiro atoms. The minimum absolute atomic E-state index is 0.00655. The molecule has 2 N–H and O–H groups in total. The molecule has 0 saturated carbocycles. The van der Waals surface area contributed by atoms with E-state index in [0.717, 1.165) is 12.1 Å². The molecule has 1 amide bonds. The highest BCUT2D eigenvalue weighted by Gasteiger charge is 2.31. The van der Waals surface area contributed by atoms with Gasteiger partial charge in [0.1, 0.15) is 5.82 Å². The first-order valence-electron chi connectivity index (χ1n) is 8.55. The van der Waals surface area contributed by atoms with Gasteiger partial charge >= 0.3 is 11.9 Å². The van der Waals surface area contributed by atoms with Crippen molar-refractivity contribution in [2.24, 2.45) is 5.92 Å². The number of rotatable bonds is 5. The summed E-state index contributed by atoms with van der Waals surface area (Å²) < 4.78 is 23.2. The van der Waals surface area contributed by atoms with Crippen molar-refractivity contribution in [2.45, 2.75) is 32.8 Å². The van der Waals surface area contributed by atoms with E-state index in [1.807, 2.05) is 0 Å². The van der Waals surface area contributed by atoms with Crippen LogP contribution in [0.5, 0.6) is 0 Å². The molecule has 1 aromatic carbocycles. The number of piperidine rings is 1. The number of likely N-dealkylation sites (tertiary alicyclic amines) is 1. The minimum Gasteiger partial charge on any atom is -0.466 e. The van der Waals surface area contributed by atoms with Gasteiger partial charge in [-0.25, -0.2) is 9.18 Å². The number of hydrogen-bond donors (Lipinski definition) is 1. The van der Waals surface area contributed by atoms with E-state index in [1.165, 1.54) is 13.0 Å². The summed E-state index contributed by atoms with van der Waals surface area (Å²) in [6, 6.07) is 3.33. The summed E-state index contributed by atoms with van der Waals surface area (Å²) in [5.41, 5.74) is 5.56. The smallest absolute Gasteiger partial charge is 0.341 e. The lowest BCUT2D eigenvalue weighted by Crippen LogP contribution is -2.45. The van der Waals surface area contributed by atoms with Gasteiger partial charge in [0.15, 0.2) is 6.10 Å². The van der Waals surface area contributed by atoms with Gasteiger partial charge in [0.05, 0.1) is 18.1 Å². The van der Waals surface area contributed by atoms with Gasteiger partial charge in [-0.15, -0.1) is 0 Å². The quantitative estimate of drug-likeness (QED) is 0.630. The number of nitrogen functional groups attached to an aromatic ring is 1. The SMILES string of the molecule is CCOC(=O)C1CCN(C(=O)C(C)OC(=O)c2ccc(F)cc2N)CC1. The zero-order valence-electron chi connectivity index (χ0n) is 14.9. The lowest BCUT2D eigenvalue weighted by atomic mass is 9.97. The Hall–Kier alpha value is -2.64. The summed E-state index contributed by atoms with van der Waals surface area (Å²) in [6.07, 6.45) is 0.0119. The summed E-state index contributed by atoms with van der Waals surface area (Å²) in [4.78, 5) is 37.9. The van der Waals surface area contributed by atoms with Gasteiger partial charge in [0.2, 0.25) is 0 Å². The van der Waals surface area contributed by atoms with Crippen LogP contribution in [0.2, 0.25) is 0 Å². The van der Waals surface area contributed by atoms with Gasteiger partial charge in [-0.05, 0) is 44.9 Å². The fourth-order valence-electron chi connectivity index (χ4n) is 2.85. The second-order valence-corrected chi connectivity index (χ2v) is 6.13. The monoisotopic (exact) mass is 366 g/mol. The van der Waals surface area contributed by atoms with E-state index in [4.69, 9.17) is 15.2 Å². The summed E-state index contributed by atoms with van der Waals surface area (Å²) in [6.45, 7) is 4.33. The maximum absolute atomic E-state index is 13.1. The first-order chi connectivity index (χ1) is 12.3. The van der Waals surface area contributed by atoms with Crippen LogP contribution < -0.4 is 5.73 Å². The maximum Gasteiger partial charge on any atom is 0.341 e. The van der Waals surface area contributed by atoms with Crippen molar-refractivity contribution in [3.63, 3.8) is 0 Å². The Morgan fingerprint density at radius 1 is 1.31 bits per heavy atom. The Balaban J connectivity index is 1.90. The average molecular weight is 366 g/mol. The molecule has 2 rings (SSSR count). The molecular formula is C18H23FN2O5. The Kier molecular flexibility index (Phi) is 6.54. The Labute approximate surface area is 151 Å². The molecule has 7 nitrogen and oxygen atoms in total. The van der Waals surface area contributed by atoms with Crippen molar-refractivity contribution >= 4 is 23.5 Å². The number of ether oxygens (including phenoxy) is 2. The number of hydrogen-bond acceptors (Lipinski definition) is 6. The number of benzene rings is 1. The van der Waals surface area contributed by atoms with Crippen LogP contribution in [0.25, 0.3) is 0 Å². The predicted octanol–water partition coefficient (Wildman–Crippen LogP) is 1.75. The number of amides is 1. The lowest BCUT2D eigenvalue weighted by Gasteiger charge is -2.32. The first-order valence-corrected chi connectivity index (χ1v) is 8.55. The van der Waals surface area contributed by atoms with E-state index < -0.39 is 17.9 Å². The van der Waals surface area contributed by atoms with E-state index in [2.05, 4.69) is 0 Å². The predicted molar refractivity (Wildman–Crippen MR) is 91.6 cm³/mol. The van der Waals surface area contributed by atoms with Crippen LogP contribution >= 0.6 is 0 Å². The van der Waals surface area contributed by atoms with Crippen LogP contribution in [0.4, 0.5) is 10.1 Å². The van der Waals surface area contributed by atoms with E-state index >= 15 is 0 Å². The van der Waals surface area contributed by atoms with Gasteiger partial charge in [-0.3, -0.25) is 9.59 Å². The molecule has 1 atom stereocenters. The normalized spacial score (nSPS) is 16.0. The van der Waals surface area contributed by atoms with Crippen molar-refractivity contribution in [1.82, 2.24) is 4.90 Å². The third-order valence-electron chi connectivity index (χ3n) is 4.29. The molecule has 1 aromatic rings. The third kappa shape index (κ3) is 4.71. The third-order valence-corrected chi connectivity index (χ3v) is 4.29. The van der Waals surface area contributed by atoms with Gasteiger partial charge in [0, 0.05) is 18.8 Å². The van der Waals surface area contributed by atoms with Crippen molar-refractivity contribution < 1.29 is 28.2 Å². The average Bonchev–Trinajstić information content (AvgIpc) is 2.61. The molecule has 1 saturated heterocycles. The standard InChI is InChI=1S/C18H23FN2O5/c1-3-25-17(23)12-6-8-21(9-7-12)16(22)11(2)26-18(24)14-5-4-13(19)10-15(14)20/h4-5,10-12H,3,6-9,20H2,1-2H3. The fraction of sp³-hybridized carbons (Fsp3) is 0.500. The molecule has 1 fully saturated rings. The van der Waals surface area contributed by atoms with E-state index in [9.17, 15) is 18.8 Å². The summed E-state index contributed by atoms with van der Waals surface area (Å²) in [7, 11) is 0. The van der Waals surface area contributed by atoms with Crippen LogP contribution in [0.15, 0.2) is 18.2 Å². The molecule has 0 aromatic heterocycles. The zero-order valence-corrected chi connectivity index (χ0v) is 14.9. The topological polar surface area (TPSA) is 98.9 Å². The molecule has 26 heavy (non-hydrogen) atoms. The second-order valence-electron chi connectivity index (χ2n) is 6.13. The molecular weight excluding hydrogens is 343 g/mol. The highest BCUT2D eigenvalue weighted by molar-refractivity contribution is 5.96. The van der Waals surface area contributed by atoms with E-state index in [1.54, 1.807) is 11.8 Å². The summed E-state index contributed by atoms with van der Waals surface area (Å²) >= 11 is 0. The van der Waals surface area contributed by atoms with Gasteiger partial charge in [-0.2, -0.15) is 0 Å². The Morgan fingerprint density at radius 3 is 2.54 bits per heavy atom. The molecule has 1 unspecified atom stereocenters. The van der Waals surface area contributed by atoms with Crippen LogP contribution in [-0.4, -0.2) is 48.5 Å². The highest BCUT2D eigenvalue weighted by Crippen LogP contribution is 2.20. The first kappa shape index (κ1) is 19.7. The Bertz CT molecular complexity index is 686. The number of halogens is 1.